The highest BCUT2D eigenvalue weighted by Gasteiger charge is 1.87. The number of hydrogen-bond donors (Lipinski definition) is 0. The highest BCUT2D eigenvalue weighted by atomic mass is 28.1. The third-order valence-corrected chi connectivity index (χ3v) is 3.79. The lowest BCUT2D eigenvalue weighted by Gasteiger charge is -1.93. The van der Waals surface area contributed by atoms with Crippen molar-refractivity contribution in [3.8, 4) is 11.8 Å². The van der Waals surface area contributed by atoms with Crippen LogP contribution in [-0.2, 0) is 0 Å². The molecule has 0 aliphatic heterocycles. The van der Waals surface area contributed by atoms with Crippen LogP contribution in [0, 0.1) is 11.8 Å². The van der Waals surface area contributed by atoms with Gasteiger partial charge in [0.05, 0.1) is 0 Å². The highest BCUT2D eigenvalue weighted by Crippen LogP contribution is 1.97. The van der Waals surface area contributed by atoms with Crippen LogP contribution < -0.4 is 10.4 Å². The van der Waals surface area contributed by atoms with E-state index in [2.05, 4.69) is 60.4 Å². The Labute approximate surface area is 103 Å². The summed E-state index contributed by atoms with van der Waals surface area (Å²) in [5, 5.41) is 2.82. The molecule has 0 aliphatic carbocycles. The predicted octanol–water partition coefficient (Wildman–Crippen LogP) is -0.932. The first-order chi connectivity index (χ1) is 7.74. The average Bonchev–Trinajstić information content (AvgIpc) is 2.30. The second-order valence-electron chi connectivity index (χ2n) is 3.98. The van der Waals surface area contributed by atoms with E-state index in [-0.39, 0.29) is 0 Å². The summed E-state index contributed by atoms with van der Waals surface area (Å²) in [6.07, 6.45) is 0. The van der Waals surface area contributed by atoms with Gasteiger partial charge in [0.2, 0.25) is 0 Å². The molecule has 0 N–H and O–H groups in total. The van der Waals surface area contributed by atoms with Gasteiger partial charge in [-0.05, 0) is 24.3 Å². The summed E-state index contributed by atoms with van der Waals surface area (Å²) in [5.41, 5.74) is 2.18. The SMILES string of the molecule is [SiH3]c1ccc(C#Cc2ccc([SiH3])cc2)cc1. The van der Waals surface area contributed by atoms with E-state index < -0.39 is 0 Å². The van der Waals surface area contributed by atoms with Crippen molar-refractivity contribution >= 4 is 30.9 Å². The minimum atomic E-state index is 1.09. The Morgan fingerprint density at radius 1 is 0.562 bits per heavy atom. The summed E-state index contributed by atoms with van der Waals surface area (Å²) >= 11 is 0. The molecule has 0 unspecified atom stereocenters. The fraction of sp³-hybridized carbons (Fsp3) is 0. The van der Waals surface area contributed by atoms with Crippen molar-refractivity contribution in [3.63, 3.8) is 0 Å². The minimum absolute atomic E-state index is 1.09. The van der Waals surface area contributed by atoms with Crippen molar-refractivity contribution in [1.82, 2.24) is 0 Å². The Morgan fingerprint density at radius 3 is 1.19 bits per heavy atom. The van der Waals surface area contributed by atoms with Gasteiger partial charge in [0.15, 0.2) is 0 Å². The molecule has 0 amide bonds. The van der Waals surface area contributed by atoms with Crippen molar-refractivity contribution in [2.45, 2.75) is 0 Å². The standard InChI is InChI=1S/C14H14Si2/c15-13-7-3-11(4-8-13)1-2-12-5-9-14(16)10-6-12/h3-10H,15-16H3. The van der Waals surface area contributed by atoms with Gasteiger partial charge >= 0.3 is 0 Å². The van der Waals surface area contributed by atoms with Gasteiger partial charge in [-0.1, -0.05) is 46.5 Å². The lowest BCUT2D eigenvalue weighted by atomic mass is 10.2. The van der Waals surface area contributed by atoms with Crippen molar-refractivity contribution in [3.05, 3.63) is 59.7 Å². The van der Waals surface area contributed by atoms with Crippen LogP contribution in [0.1, 0.15) is 11.1 Å². The fourth-order valence-electron chi connectivity index (χ4n) is 1.42. The zero-order chi connectivity index (χ0) is 11.4. The predicted molar refractivity (Wildman–Crippen MR) is 78.0 cm³/mol. The monoisotopic (exact) mass is 238 g/mol. The summed E-state index contributed by atoms with van der Waals surface area (Å²) in [6, 6.07) is 17.0. The van der Waals surface area contributed by atoms with E-state index in [1.54, 1.807) is 0 Å². The van der Waals surface area contributed by atoms with Crippen molar-refractivity contribution in [2.24, 2.45) is 0 Å². The van der Waals surface area contributed by atoms with Gasteiger partial charge in [-0.3, -0.25) is 0 Å². The van der Waals surface area contributed by atoms with Gasteiger partial charge in [0.25, 0.3) is 0 Å². The number of benzene rings is 2. The smallest absolute Gasteiger partial charge is 0.0384 e. The highest BCUT2D eigenvalue weighted by molar-refractivity contribution is 6.32. The van der Waals surface area contributed by atoms with E-state index in [1.807, 2.05) is 0 Å². The topological polar surface area (TPSA) is 0 Å². The van der Waals surface area contributed by atoms with E-state index in [0.29, 0.717) is 0 Å². The molecule has 16 heavy (non-hydrogen) atoms. The zero-order valence-electron chi connectivity index (χ0n) is 9.62. The van der Waals surface area contributed by atoms with Crippen molar-refractivity contribution < 1.29 is 0 Å². The Kier molecular flexibility index (Phi) is 3.40. The molecule has 0 nitrogen and oxygen atoms in total. The molecule has 2 heteroatoms. The molecule has 0 fully saturated rings. The molecule has 0 saturated carbocycles. The minimum Gasteiger partial charge on any atom is -0.0707 e. The summed E-state index contributed by atoms with van der Waals surface area (Å²) in [7, 11) is 2.21. The van der Waals surface area contributed by atoms with Crippen LogP contribution in [-0.4, -0.2) is 20.5 Å². The normalized spacial score (nSPS) is 9.75. The van der Waals surface area contributed by atoms with E-state index in [4.69, 9.17) is 0 Å². The Morgan fingerprint density at radius 2 is 0.875 bits per heavy atom. The quantitative estimate of drug-likeness (QED) is 0.411. The molecule has 0 saturated heterocycles. The van der Waals surface area contributed by atoms with Gasteiger partial charge in [-0.25, -0.2) is 0 Å². The third-order valence-electron chi connectivity index (χ3n) is 2.45. The van der Waals surface area contributed by atoms with Crippen molar-refractivity contribution in [1.29, 1.82) is 0 Å². The number of hydrogen-bond acceptors (Lipinski definition) is 0. The van der Waals surface area contributed by atoms with Gasteiger partial charge in [-0.15, -0.1) is 0 Å². The Hall–Kier alpha value is -1.57. The molecular weight excluding hydrogens is 224 g/mol. The molecule has 0 bridgehead atoms. The molecule has 0 aromatic heterocycles. The van der Waals surface area contributed by atoms with E-state index >= 15 is 0 Å². The molecule has 0 heterocycles. The van der Waals surface area contributed by atoms with E-state index in [9.17, 15) is 0 Å². The summed E-state index contributed by atoms with van der Waals surface area (Å²) in [5.74, 6) is 6.37. The lowest BCUT2D eigenvalue weighted by molar-refractivity contribution is 1.66. The van der Waals surface area contributed by atoms with Gasteiger partial charge in [0, 0.05) is 31.6 Å². The maximum atomic E-state index is 3.18. The maximum Gasteiger partial charge on any atom is 0.0384 e. The number of rotatable bonds is 0. The van der Waals surface area contributed by atoms with Gasteiger partial charge < -0.3 is 0 Å². The van der Waals surface area contributed by atoms with Crippen LogP contribution in [0.3, 0.4) is 0 Å². The van der Waals surface area contributed by atoms with Crippen LogP contribution in [0.4, 0.5) is 0 Å². The molecule has 0 spiro atoms. The largest absolute Gasteiger partial charge is 0.0707 e. The summed E-state index contributed by atoms with van der Waals surface area (Å²) in [6.45, 7) is 0. The Balaban J connectivity index is 2.21. The van der Waals surface area contributed by atoms with Gasteiger partial charge in [-0.2, -0.15) is 0 Å². The van der Waals surface area contributed by atoms with E-state index in [0.717, 1.165) is 31.6 Å². The van der Waals surface area contributed by atoms with Crippen LogP contribution in [0.2, 0.25) is 0 Å². The molecule has 2 rings (SSSR count). The first-order valence-electron chi connectivity index (χ1n) is 5.39. The second kappa shape index (κ2) is 4.97. The lowest BCUT2D eigenvalue weighted by Crippen LogP contribution is -1.99. The Bertz CT molecular complexity index is 478. The fourth-order valence-corrected chi connectivity index (χ4v) is 2.08. The van der Waals surface area contributed by atoms with Crippen LogP contribution in [0.15, 0.2) is 48.5 Å². The van der Waals surface area contributed by atoms with Crippen LogP contribution in [0.5, 0.6) is 0 Å². The molecule has 0 aliphatic rings. The molecule has 2 aromatic carbocycles. The van der Waals surface area contributed by atoms with Gasteiger partial charge in [0.1, 0.15) is 0 Å². The molecule has 2 aromatic rings. The second-order valence-corrected chi connectivity index (χ2v) is 6.29. The van der Waals surface area contributed by atoms with E-state index in [1.165, 1.54) is 10.4 Å². The third kappa shape index (κ3) is 2.96. The van der Waals surface area contributed by atoms with Crippen LogP contribution in [0.25, 0.3) is 0 Å². The molecule has 78 valence electrons. The van der Waals surface area contributed by atoms with Crippen LogP contribution >= 0.6 is 0 Å². The summed E-state index contributed by atoms with van der Waals surface area (Å²) < 4.78 is 0. The van der Waals surface area contributed by atoms with Crippen molar-refractivity contribution in [2.75, 3.05) is 0 Å². The average molecular weight is 238 g/mol. The first-order valence-corrected chi connectivity index (χ1v) is 7.39. The molecule has 0 radical (unpaired) electrons. The molecule has 0 atom stereocenters. The first kappa shape index (κ1) is 10.9. The summed E-state index contributed by atoms with van der Waals surface area (Å²) in [4.78, 5) is 0. The maximum absolute atomic E-state index is 3.18. The molecular formula is C14H14Si2. The zero-order valence-corrected chi connectivity index (χ0v) is 13.6.